The van der Waals surface area contributed by atoms with Crippen LogP contribution < -0.4 is 10.6 Å². The molecule has 0 heterocycles. The lowest BCUT2D eigenvalue weighted by atomic mass is 10.1. The van der Waals surface area contributed by atoms with Gasteiger partial charge >= 0.3 is 0 Å². The van der Waals surface area contributed by atoms with E-state index in [4.69, 9.17) is 0 Å². The van der Waals surface area contributed by atoms with Crippen LogP contribution in [0.15, 0.2) is 0 Å². The van der Waals surface area contributed by atoms with Crippen molar-refractivity contribution < 1.29 is 9.90 Å². The highest BCUT2D eigenvalue weighted by atomic mass is 16.3. The van der Waals surface area contributed by atoms with Gasteiger partial charge in [-0.3, -0.25) is 4.79 Å². The third-order valence-corrected chi connectivity index (χ3v) is 1.50. The predicted molar refractivity (Wildman–Crippen MR) is 57.1 cm³/mol. The van der Waals surface area contributed by atoms with Crippen molar-refractivity contribution in [3.05, 3.63) is 0 Å². The highest BCUT2D eigenvalue weighted by Crippen LogP contribution is 1.98. The van der Waals surface area contributed by atoms with Crippen LogP contribution in [0, 0.1) is 0 Å². The van der Waals surface area contributed by atoms with E-state index in [-0.39, 0.29) is 24.5 Å². The Morgan fingerprint density at radius 2 is 1.71 bits per heavy atom. The second kappa shape index (κ2) is 4.75. The van der Waals surface area contributed by atoms with Crippen molar-refractivity contribution in [3.8, 4) is 0 Å². The van der Waals surface area contributed by atoms with E-state index >= 15 is 0 Å². The summed E-state index contributed by atoms with van der Waals surface area (Å²) in [4.78, 5) is 11.3. The van der Waals surface area contributed by atoms with Crippen LogP contribution in [0.1, 0.15) is 34.6 Å². The summed E-state index contributed by atoms with van der Waals surface area (Å²) in [6, 6.07) is 0. The van der Waals surface area contributed by atoms with Gasteiger partial charge in [0.2, 0.25) is 5.91 Å². The Labute approximate surface area is 86.1 Å². The first-order valence-electron chi connectivity index (χ1n) is 4.84. The first kappa shape index (κ1) is 13.4. The minimum absolute atomic E-state index is 0.0634. The van der Waals surface area contributed by atoms with Crippen LogP contribution in [-0.4, -0.2) is 35.2 Å². The topological polar surface area (TPSA) is 61.4 Å². The van der Waals surface area contributed by atoms with Gasteiger partial charge in [-0.1, -0.05) is 0 Å². The zero-order valence-electron chi connectivity index (χ0n) is 9.77. The Balaban J connectivity index is 3.68. The summed E-state index contributed by atoms with van der Waals surface area (Å²) in [5, 5.41) is 15.1. The van der Waals surface area contributed by atoms with Crippen molar-refractivity contribution in [1.29, 1.82) is 0 Å². The molecule has 4 nitrogen and oxygen atoms in total. The smallest absolute Gasteiger partial charge is 0.234 e. The van der Waals surface area contributed by atoms with Crippen LogP contribution in [0.25, 0.3) is 0 Å². The molecule has 4 heteroatoms. The van der Waals surface area contributed by atoms with Gasteiger partial charge < -0.3 is 15.7 Å². The summed E-state index contributed by atoms with van der Waals surface area (Å²) in [5.41, 5.74) is -0.913. The molecule has 0 aliphatic carbocycles. The van der Waals surface area contributed by atoms with Gasteiger partial charge in [0.25, 0.3) is 0 Å². The second-order valence-corrected chi connectivity index (χ2v) is 5.19. The molecule has 14 heavy (non-hydrogen) atoms. The lowest BCUT2D eigenvalue weighted by Gasteiger charge is -2.21. The molecular weight excluding hydrogens is 180 g/mol. The zero-order valence-corrected chi connectivity index (χ0v) is 9.77. The lowest BCUT2D eigenvalue weighted by Crippen LogP contribution is -2.46. The number of rotatable bonds is 4. The summed E-state index contributed by atoms with van der Waals surface area (Å²) < 4.78 is 0. The first-order chi connectivity index (χ1) is 6.10. The fourth-order valence-corrected chi connectivity index (χ4v) is 0.723. The number of hydrogen-bond donors (Lipinski definition) is 3. The second-order valence-electron chi connectivity index (χ2n) is 5.19. The van der Waals surface area contributed by atoms with Gasteiger partial charge in [0.05, 0.1) is 12.1 Å². The van der Waals surface area contributed by atoms with E-state index in [2.05, 4.69) is 10.6 Å². The van der Waals surface area contributed by atoms with Gasteiger partial charge in [-0.25, -0.2) is 0 Å². The van der Waals surface area contributed by atoms with E-state index < -0.39 is 5.60 Å². The van der Waals surface area contributed by atoms with Gasteiger partial charge in [0, 0.05) is 12.1 Å². The van der Waals surface area contributed by atoms with Crippen molar-refractivity contribution in [3.63, 3.8) is 0 Å². The maximum absolute atomic E-state index is 11.3. The van der Waals surface area contributed by atoms with E-state index in [0.29, 0.717) is 0 Å². The van der Waals surface area contributed by atoms with E-state index in [0.717, 1.165) is 0 Å². The number of aliphatic hydroxyl groups is 1. The van der Waals surface area contributed by atoms with E-state index in [1.807, 2.05) is 20.8 Å². The lowest BCUT2D eigenvalue weighted by molar-refractivity contribution is -0.121. The maximum atomic E-state index is 11.3. The summed E-state index contributed by atoms with van der Waals surface area (Å²) in [6.07, 6.45) is 0. The number of carbonyl (C=O) groups is 1. The average Bonchev–Trinajstić information content (AvgIpc) is 1.94. The van der Waals surface area contributed by atoms with E-state index in [9.17, 15) is 9.90 Å². The quantitative estimate of drug-likeness (QED) is 0.613. The average molecular weight is 202 g/mol. The zero-order chi connectivity index (χ0) is 11.4. The monoisotopic (exact) mass is 202 g/mol. The minimum atomic E-state index is -0.850. The summed E-state index contributed by atoms with van der Waals surface area (Å²) in [6.45, 7) is 9.86. The Morgan fingerprint density at radius 3 is 2.07 bits per heavy atom. The van der Waals surface area contributed by atoms with Gasteiger partial charge in [-0.2, -0.15) is 0 Å². The molecule has 0 bridgehead atoms. The normalized spacial score (nSPS) is 12.7. The van der Waals surface area contributed by atoms with Crippen molar-refractivity contribution >= 4 is 5.91 Å². The molecular formula is C10H22N2O2. The maximum Gasteiger partial charge on any atom is 0.234 e. The highest BCUT2D eigenvalue weighted by molar-refractivity contribution is 5.78. The SMILES string of the molecule is CC(C)(O)CNC(=O)CNC(C)(C)C. The fourth-order valence-electron chi connectivity index (χ4n) is 0.723. The van der Waals surface area contributed by atoms with Gasteiger partial charge in [0.1, 0.15) is 0 Å². The molecule has 0 rings (SSSR count). The molecule has 0 atom stereocenters. The molecule has 0 saturated carbocycles. The molecule has 0 aromatic rings. The molecule has 0 saturated heterocycles. The first-order valence-corrected chi connectivity index (χ1v) is 4.84. The van der Waals surface area contributed by atoms with Crippen LogP contribution >= 0.6 is 0 Å². The van der Waals surface area contributed by atoms with Crippen LogP contribution in [0.5, 0.6) is 0 Å². The molecule has 0 radical (unpaired) electrons. The largest absolute Gasteiger partial charge is 0.389 e. The van der Waals surface area contributed by atoms with E-state index in [1.54, 1.807) is 13.8 Å². The van der Waals surface area contributed by atoms with Crippen LogP contribution in [0.3, 0.4) is 0 Å². The molecule has 0 fully saturated rings. The molecule has 3 N–H and O–H groups in total. The van der Waals surface area contributed by atoms with Gasteiger partial charge in [-0.05, 0) is 34.6 Å². The highest BCUT2D eigenvalue weighted by Gasteiger charge is 2.15. The van der Waals surface area contributed by atoms with Crippen molar-refractivity contribution in [2.75, 3.05) is 13.1 Å². The fraction of sp³-hybridized carbons (Fsp3) is 0.900. The van der Waals surface area contributed by atoms with Crippen LogP contribution in [0.2, 0.25) is 0 Å². The minimum Gasteiger partial charge on any atom is -0.389 e. The standard InChI is InChI=1S/C10H22N2O2/c1-9(2,3)12-6-8(13)11-7-10(4,5)14/h12,14H,6-7H2,1-5H3,(H,11,13). The number of amides is 1. The van der Waals surface area contributed by atoms with Crippen molar-refractivity contribution in [2.24, 2.45) is 0 Å². The Hall–Kier alpha value is -0.610. The summed E-state index contributed by atoms with van der Waals surface area (Å²) >= 11 is 0. The third kappa shape index (κ3) is 9.48. The molecule has 0 aromatic carbocycles. The number of nitrogens with one attached hydrogen (secondary N) is 2. The Morgan fingerprint density at radius 1 is 1.21 bits per heavy atom. The van der Waals surface area contributed by atoms with Crippen molar-refractivity contribution in [2.45, 2.75) is 45.8 Å². The molecule has 1 amide bonds. The summed E-state index contributed by atoms with van der Waals surface area (Å²) in [5.74, 6) is -0.0953. The molecule has 0 unspecified atom stereocenters. The Kier molecular flexibility index (Phi) is 4.55. The van der Waals surface area contributed by atoms with E-state index in [1.165, 1.54) is 0 Å². The van der Waals surface area contributed by atoms with Crippen LogP contribution in [-0.2, 0) is 4.79 Å². The number of carbonyl (C=O) groups excluding carboxylic acids is 1. The molecule has 0 aliphatic heterocycles. The predicted octanol–water partition coefficient (Wildman–Crippen LogP) is 0.262. The molecule has 84 valence electrons. The van der Waals surface area contributed by atoms with Gasteiger partial charge in [0.15, 0.2) is 0 Å². The molecule has 0 spiro atoms. The van der Waals surface area contributed by atoms with Crippen molar-refractivity contribution in [1.82, 2.24) is 10.6 Å². The molecule has 0 aromatic heterocycles. The molecule has 0 aliphatic rings. The third-order valence-electron chi connectivity index (χ3n) is 1.50. The van der Waals surface area contributed by atoms with Gasteiger partial charge in [-0.15, -0.1) is 0 Å². The summed E-state index contributed by atoms with van der Waals surface area (Å²) in [7, 11) is 0. The Bertz CT molecular complexity index is 169. The number of hydrogen-bond acceptors (Lipinski definition) is 3. The van der Waals surface area contributed by atoms with Crippen LogP contribution in [0.4, 0.5) is 0 Å².